The highest BCUT2D eigenvalue weighted by atomic mass is 16.5. The Kier molecular flexibility index (Phi) is 2.76. The molecule has 4 nitrogen and oxygen atoms in total. The predicted molar refractivity (Wildman–Crippen MR) is 94.8 cm³/mol. The molecule has 4 heteroatoms. The Morgan fingerprint density at radius 3 is 2.62 bits per heavy atom. The first-order chi connectivity index (χ1) is 11.9. The fourth-order valence-electron chi connectivity index (χ4n) is 3.08. The highest BCUT2D eigenvalue weighted by Crippen LogP contribution is 2.46. The second-order valence-corrected chi connectivity index (χ2v) is 5.68. The minimum atomic E-state index is 0.793. The molecule has 1 aliphatic rings. The van der Waals surface area contributed by atoms with E-state index in [2.05, 4.69) is 21.6 Å². The number of hydrogen-bond donors (Lipinski definition) is 1. The van der Waals surface area contributed by atoms with Crippen LogP contribution in [0.1, 0.15) is 0 Å². The molecule has 1 aromatic heterocycles. The zero-order chi connectivity index (χ0) is 15.9. The Morgan fingerprint density at radius 1 is 0.792 bits per heavy atom. The highest BCUT2D eigenvalue weighted by molar-refractivity contribution is 5.99. The molecular weight excluding hydrogens is 298 g/mol. The number of anilines is 2. The van der Waals surface area contributed by atoms with Crippen molar-refractivity contribution in [3.05, 3.63) is 72.9 Å². The Morgan fingerprint density at radius 2 is 1.62 bits per heavy atom. The lowest BCUT2D eigenvalue weighted by Gasteiger charge is -2.23. The fourth-order valence-corrected chi connectivity index (χ4v) is 3.08. The number of benzene rings is 3. The van der Waals surface area contributed by atoms with E-state index in [4.69, 9.17) is 4.74 Å². The van der Waals surface area contributed by atoms with Gasteiger partial charge in [-0.3, -0.25) is 0 Å². The fraction of sp³-hybridized carbons (Fsp3) is 0. The third-order valence-corrected chi connectivity index (χ3v) is 4.22. The lowest BCUT2D eigenvalue weighted by atomic mass is 10.0. The van der Waals surface area contributed by atoms with E-state index in [1.54, 1.807) is 6.20 Å². The number of rotatable bonds is 1. The van der Waals surface area contributed by atoms with Gasteiger partial charge in [0.25, 0.3) is 0 Å². The largest absolute Gasteiger partial charge is 0.453 e. The molecule has 0 aliphatic carbocycles. The average molecular weight is 311 g/mol. The summed E-state index contributed by atoms with van der Waals surface area (Å²) in [6, 6.07) is 22.0. The van der Waals surface area contributed by atoms with Gasteiger partial charge in [-0.2, -0.15) is 5.10 Å². The SMILES string of the molecule is c1ccc2c(c1)Nc1c(cccc1-c1nncc3ccccc13)O2. The van der Waals surface area contributed by atoms with E-state index in [-0.39, 0.29) is 0 Å². The first-order valence-electron chi connectivity index (χ1n) is 7.78. The summed E-state index contributed by atoms with van der Waals surface area (Å²) in [5, 5.41) is 14.2. The van der Waals surface area contributed by atoms with Crippen LogP contribution in [0.4, 0.5) is 11.4 Å². The Balaban J connectivity index is 1.74. The number of nitrogens with zero attached hydrogens (tertiary/aromatic N) is 2. The van der Waals surface area contributed by atoms with Crippen molar-refractivity contribution >= 4 is 22.1 Å². The van der Waals surface area contributed by atoms with Crippen LogP contribution in [0.3, 0.4) is 0 Å². The molecule has 0 amide bonds. The van der Waals surface area contributed by atoms with E-state index in [9.17, 15) is 0 Å². The monoisotopic (exact) mass is 311 g/mol. The van der Waals surface area contributed by atoms with Gasteiger partial charge in [-0.25, -0.2) is 0 Å². The molecule has 1 N–H and O–H groups in total. The summed E-state index contributed by atoms with van der Waals surface area (Å²) in [5.74, 6) is 1.62. The number of aromatic nitrogens is 2. The van der Waals surface area contributed by atoms with Crippen LogP contribution in [-0.4, -0.2) is 10.2 Å². The number of para-hydroxylation sites is 3. The topological polar surface area (TPSA) is 47.0 Å². The molecule has 0 bridgehead atoms. The maximum absolute atomic E-state index is 6.04. The first-order valence-corrected chi connectivity index (χ1v) is 7.78. The summed E-state index contributed by atoms with van der Waals surface area (Å²) < 4.78 is 6.04. The lowest BCUT2D eigenvalue weighted by molar-refractivity contribution is 0.481. The second kappa shape index (κ2) is 5.06. The van der Waals surface area contributed by atoms with Crippen LogP contribution in [0.5, 0.6) is 11.5 Å². The van der Waals surface area contributed by atoms with Gasteiger partial charge in [0.2, 0.25) is 0 Å². The van der Waals surface area contributed by atoms with Gasteiger partial charge in [0.05, 0.1) is 17.6 Å². The van der Waals surface area contributed by atoms with Crippen molar-refractivity contribution < 1.29 is 4.74 Å². The van der Waals surface area contributed by atoms with Crippen molar-refractivity contribution in [1.82, 2.24) is 10.2 Å². The van der Waals surface area contributed by atoms with Crippen molar-refractivity contribution in [3.8, 4) is 22.8 Å². The molecule has 0 unspecified atom stereocenters. The van der Waals surface area contributed by atoms with E-state index in [1.807, 2.05) is 60.7 Å². The van der Waals surface area contributed by atoms with E-state index in [0.29, 0.717) is 0 Å². The first kappa shape index (κ1) is 13.1. The number of ether oxygens (including phenoxy) is 1. The van der Waals surface area contributed by atoms with Gasteiger partial charge in [-0.1, -0.05) is 48.5 Å². The maximum atomic E-state index is 6.04. The molecule has 0 saturated carbocycles. The zero-order valence-electron chi connectivity index (χ0n) is 12.7. The normalized spacial score (nSPS) is 12.0. The van der Waals surface area contributed by atoms with Gasteiger partial charge in [0.1, 0.15) is 5.69 Å². The summed E-state index contributed by atoms with van der Waals surface area (Å²) in [6.07, 6.45) is 1.79. The van der Waals surface area contributed by atoms with Gasteiger partial charge in [0.15, 0.2) is 11.5 Å². The van der Waals surface area contributed by atoms with Crippen molar-refractivity contribution in [3.63, 3.8) is 0 Å². The molecular formula is C20H13N3O. The van der Waals surface area contributed by atoms with Crippen molar-refractivity contribution in [1.29, 1.82) is 0 Å². The molecule has 0 atom stereocenters. The van der Waals surface area contributed by atoms with Crippen LogP contribution < -0.4 is 10.1 Å². The molecule has 4 aromatic rings. The Hall–Kier alpha value is -3.40. The van der Waals surface area contributed by atoms with E-state index in [1.165, 1.54) is 0 Å². The zero-order valence-corrected chi connectivity index (χ0v) is 12.7. The van der Waals surface area contributed by atoms with Crippen LogP contribution in [0.2, 0.25) is 0 Å². The van der Waals surface area contributed by atoms with Crippen LogP contribution in [0.15, 0.2) is 72.9 Å². The minimum absolute atomic E-state index is 0.793. The van der Waals surface area contributed by atoms with Crippen molar-refractivity contribution in [2.75, 3.05) is 5.32 Å². The summed E-state index contributed by atoms with van der Waals surface area (Å²) >= 11 is 0. The minimum Gasteiger partial charge on any atom is -0.453 e. The van der Waals surface area contributed by atoms with Gasteiger partial charge in [-0.15, -0.1) is 5.10 Å². The summed E-state index contributed by atoms with van der Waals surface area (Å²) in [5.41, 5.74) is 3.69. The standard InChI is InChI=1S/C20H13N3O/c1-2-7-14-13(6-1)12-21-23-19(14)15-8-5-11-18-20(15)22-16-9-3-4-10-17(16)24-18/h1-12,22H. The van der Waals surface area contributed by atoms with Crippen LogP contribution in [0.25, 0.3) is 22.0 Å². The Bertz CT molecular complexity index is 1070. The van der Waals surface area contributed by atoms with E-state index in [0.717, 1.165) is 44.9 Å². The third kappa shape index (κ3) is 1.93. The molecule has 0 radical (unpaired) electrons. The molecule has 1 aliphatic heterocycles. The van der Waals surface area contributed by atoms with Crippen LogP contribution in [-0.2, 0) is 0 Å². The Labute approximate surface area is 138 Å². The smallest absolute Gasteiger partial charge is 0.151 e. The van der Waals surface area contributed by atoms with Crippen molar-refractivity contribution in [2.24, 2.45) is 0 Å². The van der Waals surface area contributed by atoms with Gasteiger partial charge in [-0.05, 0) is 18.2 Å². The molecule has 0 spiro atoms. The van der Waals surface area contributed by atoms with Gasteiger partial charge in [0, 0.05) is 16.3 Å². The van der Waals surface area contributed by atoms with Crippen LogP contribution >= 0.6 is 0 Å². The average Bonchev–Trinajstić information content (AvgIpc) is 2.65. The molecule has 0 saturated heterocycles. The van der Waals surface area contributed by atoms with Gasteiger partial charge < -0.3 is 10.1 Å². The summed E-state index contributed by atoms with van der Waals surface area (Å²) in [6.45, 7) is 0. The molecule has 114 valence electrons. The van der Waals surface area contributed by atoms with Crippen molar-refractivity contribution in [2.45, 2.75) is 0 Å². The van der Waals surface area contributed by atoms with Gasteiger partial charge >= 0.3 is 0 Å². The lowest BCUT2D eigenvalue weighted by Crippen LogP contribution is -2.04. The van der Waals surface area contributed by atoms with Crippen LogP contribution in [0, 0.1) is 0 Å². The predicted octanol–water partition coefficient (Wildman–Crippen LogP) is 5.15. The number of nitrogens with one attached hydrogen (secondary N) is 1. The quantitative estimate of drug-likeness (QED) is 0.465. The third-order valence-electron chi connectivity index (χ3n) is 4.22. The molecule has 0 fully saturated rings. The summed E-state index contributed by atoms with van der Waals surface area (Å²) in [7, 11) is 0. The molecule has 5 rings (SSSR count). The maximum Gasteiger partial charge on any atom is 0.151 e. The molecule has 24 heavy (non-hydrogen) atoms. The highest BCUT2D eigenvalue weighted by Gasteiger charge is 2.21. The number of fused-ring (bicyclic) bond motifs is 3. The van der Waals surface area contributed by atoms with E-state index >= 15 is 0 Å². The van der Waals surface area contributed by atoms with E-state index < -0.39 is 0 Å². The molecule has 3 aromatic carbocycles. The number of hydrogen-bond acceptors (Lipinski definition) is 4. The second-order valence-electron chi connectivity index (χ2n) is 5.68. The molecule has 2 heterocycles. The summed E-state index contributed by atoms with van der Waals surface area (Å²) in [4.78, 5) is 0.